The maximum atomic E-state index is 11.2. The molecule has 0 aromatic carbocycles. The smallest absolute Gasteiger partial charge is 0.229 e. The molecule has 1 saturated carbocycles. The lowest BCUT2D eigenvalue weighted by Crippen LogP contribution is -2.55. The van der Waals surface area contributed by atoms with Gasteiger partial charge in [-0.1, -0.05) is 12.1 Å². The van der Waals surface area contributed by atoms with Crippen molar-refractivity contribution in [1.29, 1.82) is 0 Å². The van der Waals surface area contributed by atoms with E-state index >= 15 is 0 Å². The lowest BCUT2D eigenvalue weighted by atomic mass is 9.70. The van der Waals surface area contributed by atoms with E-state index in [2.05, 4.69) is 22.0 Å². The number of rotatable bonds is 4. The van der Waals surface area contributed by atoms with E-state index in [1.165, 1.54) is 12.8 Å². The van der Waals surface area contributed by atoms with Crippen molar-refractivity contribution < 1.29 is 14.4 Å². The molecule has 0 bridgehead atoms. The van der Waals surface area contributed by atoms with Gasteiger partial charge in [0.05, 0.1) is 12.1 Å². The van der Waals surface area contributed by atoms with E-state index in [-0.39, 0.29) is 5.92 Å². The molecule has 3 heterocycles. The molecular formula is C17H27N3O3. The van der Waals surface area contributed by atoms with E-state index in [1.54, 1.807) is 0 Å². The van der Waals surface area contributed by atoms with Gasteiger partial charge in [0.15, 0.2) is 5.82 Å². The highest BCUT2D eigenvalue weighted by atomic mass is 16.5. The fraction of sp³-hybridized carbons (Fsp3) is 0.882. The van der Waals surface area contributed by atoms with Gasteiger partial charge in [0.2, 0.25) is 5.89 Å². The van der Waals surface area contributed by atoms with E-state index in [0.29, 0.717) is 11.8 Å². The highest BCUT2D eigenvalue weighted by Gasteiger charge is 2.45. The lowest BCUT2D eigenvalue weighted by molar-refractivity contribution is -0.132. The van der Waals surface area contributed by atoms with Crippen molar-refractivity contribution in [3.05, 3.63) is 11.7 Å². The molecule has 128 valence electrons. The van der Waals surface area contributed by atoms with Crippen molar-refractivity contribution in [1.82, 2.24) is 15.0 Å². The topological polar surface area (TPSA) is 71.6 Å². The molecule has 0 amide bonds. The first-order chi connectivity index (χ1) is 11.1. The summed E-state index contributed by atoms with van der Waals surface area (Å²) in [5, 5.41) is 15.3. The van der Waals surface area contributed by atoms with E-state index in [1.807, 2.05) is 0 Å². The van der Waals surface area contributed by atoms with Crippen molar-refractivity contribution in [2.45, 2.75) is 57.1 Å². The Morgan fingerprint density at radius 3 is 2.74 bits per heavy atom. The number of ether oxygens (including phenoxy) is 1. The molecule has 23 heavy (non-hydrogen) atoms. The van der Waals surface area contributed by atoms with Crippen LogP contribution in [0, 0.1) is 11.8 Å². The first-order valence-corrected chi connectivity index (χ1v) is 9.00. The highest BCUT2D eigenvalue weighted by molar-refractivity contribution is 5.02. The predicted octanol–water partition coefficient (Wildman–Crippen LogP) is 1.95. The summed E-state index contributed by atoms with van der Waals surface area (Å²) in [5.74, 6) is 2.74. The first kappa shape index (κ1) is 15.5. The van der Waals surface area contributed by atoms with Crippen LogP contribution < -0.4 is 0 Å². The maximum Gasteiger partial charge on any atom is 0.229 e. The highest BCUT2D eigenvalue weighted by Crippen LogP contribution is 2.40. The molecule has 3 aliphatic rings. The summed E-state index contributed by atoms with van der Waals surface area (Å²) in [5.41, 5.74) is -0.545. The molecule has 2 saturated heterocycles. The average Bonchev–Trinajstić information content (AvgIpc) is 3.32. The molecule has 0 unspecified atom stereocenters. The molecule has 0 spiro atoms. The van der Waals surface area contributed by atoms with Crippen LogP contribution in [0.15, 0.2) is 4.52 Å². The van der Waals surface area contributed by atoms with Crippen molar-refractivity contribution in [2.24, 2.45) is 11.8 Å². The molecule has 1 aliphatic carbocycles. The van der Waals surface area contributed by atoms with E-state index in [0.717, 1.165) is 63.8 Å². The number of aromatic nitrogens is 2. The quantitative estimate of drug-likeness (QED) is 0.914. The third kappa shape index (κ3) is 3.16. The van der Waals surface area contributed by atoms with Crippen molar-refractivity contribution in [3.63, 3.8) is 0 Å². The summed E-state index contributed by atoms with van der Waals surface area (Å²) >= 11 is 0. The molecule has 4 rings (SSSR count). The van der Waals surface area contributed by atoms with E-state index in [4.69, 9.17) is 9.26 Å². The van der Waals surface area contributed by atoms with Crippen LogP contribution in [0.25, 0.3) is 0 Å². The molecule has 1 N–H and O–H groups in total. The van der Waals surface area contributed by atoms with Crippen molar-refractivity contribution in [2.75, 3.05) is 26.3 Å². The fourth-order valence-electron chi connectivity index (χ4n) is 4.20. The summed E-state index contributed by atoms with van der Waals surface area (Å²) in [6, 6.07) is 0. The minimum atomic E-state index is -0.545. The molecular weight excluding hydrogens is 294 g/mol. The van der Waals surface area contributed by atoms with Gasteiger partial charge in [0.25, 0.3) is 0 Å². The first-order valence-electron chi connectivity index (χ1n) is 9.00. The largest absolute Gasteiger partial charge is 0.389 e. The van der Waals surface area contributed by atoms with Crippen LogP contribution in [0.3, 0.4) is 0 Å². The van der Waals surface area contributed by atoms with E-state index in [9.17, 15) is 5.11 Å². The standard InChI is InChI=1S/C17H27N3O3/c1-12-10-20(11-15-18-16(23-19-15)13-2-3-13)7-6-17(12,21)14-4-8-22-9-5-14/h12-14,21H,2-11H2,1H3/t12-,17+/m1/s1. The third-order valence-corrected chi connectivity index (χ3v) is 5.92. The zero-order chi connectivity index (χ0) is 15.9. The van der Waals surface area contributed by atoms with Gasteiger partial charge in [-0.25, -0.2) is 0 Å². The van der Waals surface area contributed by atoms with Gasteiger partial charge >= 0.3 is 0 Å². The number of piperidine rings is 1. The second-order valence-corrected chi connectivity index (χ2v) is 7.59. The van der Waals surface area contributed by atoms with Gasteiger partial charge in [0.1, 0.15) is 0 Å². The van der Waals surface area contributed by atoms with Crippen LogP contribution in [0.2, 0.25) is 0 Å². The molecule has 6 heteroatoms. The Kier molecular flexibility index (Phi) is 4.15. The van der Waals surface area contributed by atoms with Crippen LogP contribution in [0.1, 0.15) is 56.7 Å². The summed E-state index contributed by atoms with van der Waals surface area (Å²) in [6.07, 6.45) is 5.15. The normalized spacial score (nSPS) is 33.9. The zero-order valence-corrected chi connectivity index (χ0v) is 13.9. The Labute approximate surface area is 137 Å². The fourth-order valence-corrected chi connectivity index (χ4v) is 4.20. The summed E-state index contributed by atoms with van der Waals surface area (Å²) in [4.78, 5) is 6.87. The van der Waals surface area contributed by atoms with Gasteiger partial charge < -0.3 is 14.4 Å². The number of hydrogen-bond donors (Lipinski definition) is 1. The molecule has 1 aromatic rings. The monoisotopic (exact) mass is 321 g/mol. The molecule has 2 aliphatic heterocycles. The van der Waals surface area contributed by atoms with Crippen LogP contribution >= 0.6 is 0 Å². The summed E-state index contributed by atoms with van der Waals surface area (Å²) in [7, 11) is 0. The van der Waals surface area contributed by atoms with Crippen LogP contribution in [-0.4, -0.2) is 52.1 Å². The maximum absolute atomic E-state index is 11.2. The lowest BCUT2D eigenvalue weighted by Gasteiger charge is -2.48. The molecule has 2 atom stereocenters. The SMILES string of the molecule is C[C@@H]1CN(Cc2noc(C3CC3)n2)CC[C@@]1(O)C1CCOCC1. The van der Waals surface area contributed by atoms with Gasteiger partial charge in [-0.05, 0) is 43.9 Å². The Morgan fingerprint density at radius 2 is 2.04 bits per heavy atom. The summed E-state index contributed by atoms with van der Waals surface area (Å²) in [6.45, 7) is 6.26. The Hall–Kier alpha value is -0.980. The Balaban J connectivity index is 1.36. The predicted molar refractivity (Wildman–Crippen MR) is 83.8 cm³/mol. The summed E-state index contributed by atoms with van der Waals surface area (Å²) < 4.78 is 10.8. The van der Waals surface area contributed by atoms with Crippen molar-refractivity contribution in [3.8, 4) is 0 Å². The number of hydrogen-bond acceptors (Lipinski definition) is 6. The second-order valence-electron chi connectivity index (χ2n) is 7.59. The van der Waals surface area contributed by atoms with Crippen molar-refractivity contribution >= 4 is 0 Å². The number of nitrogens with zero attached hydrogens (tertiary/aromatic N) is 3. The number of aliphatic hydroxyl groups is 1. The molecule has 1 aromatic heterocycles. The molecule has 0 radical (unpaired) electrons. The van der Waals surface area contributed by atoms with Gasteiger partial charge in [0, 0.05) is 32.2 Å². The second kappa shape index (κ2) is 6.15. The van der Waals surface area contributed by atoms with E-state index < -0.39 is 5.60 Å². The Bertz CT molecular complexity index is 539. The van der Waals surface area contributed by atoms with Crippen LogP contribution in [-0.2, 0) is 11.3 Å². The van der Waals surface area contributed by atoms with Gasteiger partial charge in [-0.3, -0.25) is 4.90 Å². The molecule has 6 nitrogen and oxygen atoms in total. The van der Waals surface area contributed by atoms with Crippen LogP contribution in [0.5, 0.6) is 0 Å². The minimum absolute atomic E-state index is 0.258. The average molecular weight is 321 g/mol. The minimum Gasteiger partial charge on any atom is -0.389 e. The molecule has 3 fully saturated rings. The van der Waals surface area contributed by atoms with Crippen LogP contribution in [0.4, 0.5) is 0 Å². The van der Waals surface area contributed by atoms with Gasteiger partial charge in [-0.2, -0.15) is 4.98 Å². The Morgan fingerprint density at radius 1 is 1.26 bits per heavy atom. The number of likely N-dealkylation sites (tertiary alicyclic amines) is 1. The zero-order valence-electron chi connectivity index (χ0n) is 13.9. The third-order valence-electron chi connectivity index (χ3n) is 5.92. The van der Waals surface area contributed by atoms with Gasteiger partial charge in [-0.15, -0.1) is 0 Å².